The number of nitrogen functional groups attached to an aromatic ring is 1. The van der Waals surface area contributed by atoms with Gasteiger partial charge in [-0.05, 0) is 30.5 Å². The molecule has 1 rings (SSSR count). The maximum absolute atomic E-state index is 11.8. The summed E-state index contributed by atoms with van der Waals surface area (Å²) in [6.45, 7) is 1.43. The van der Waals surface area contributed by atoms with Crippen molar-refractivity contribution < 1.29 is 9.53 Å². The number of methoxy groups -OCH3 is 1. The van der Waals surface area contributed by atoms with Gasteiger partial charge < -0.3 is 15.4 Å². The highest BCUT2D eigenvalue weighted by Gasteiger charge is 2.08. The fourth-order valence-electron chi connectivity index (χ4n) is 1.70. The van der Waals surface area contributed by atoms with Gasteiger partial charge in [-0.25, -0.2) is 0 Å². The van der Waals surface area contributed by atoms with Gasteiger partial charge in [-0.3, -0.25) is 4.79 Å². The third-order valence-corrected chi connectivity index (χ3v) is 2.87. The number of benzene rings is 1. The van der Waals surface area contributed by atoms with Gasteiger partial charge in [-0.2, -0.15) is 0 Å². The highest BCUT2D eigenvalue weighted by atomic mass is 16.5. The van der Waals surface area contributed by atoms with E-state index in [1.807, 2.05) is 31.3 Å². The van der Waals surface area contributed by atoms with Crippen molar-refractivity contribution in [2.24, 2.45) is 0 Å². The number of rotatable bonds is 7. The van der Waals surface area contributed by atoms with E-state index < -0.39 is 0 Å². The largest absolute Gasteiger partial charge is 0.399 e. The predicted molar refractivity (Wildman–Crippen MR) is 73.3 cm³/mol. The molecule has 0 bridgehead atoms. The fraction of sp³-hybridized carbons (Fsp3) is 0.500. The van der Waals surface area contributed by atoms with Crippen LogP contribution < -0.4 is 5.73 Å². The number of carbonyl (C=O) groups excluding carboxylic acids is 1. The van der Waals surface area contributed by atoms with Gasteiger partial charge >= 0.3 is 0 Å². The van der Waals surface area contributed by atoms with Crippen LogP contribution in [0.2, 0.25) is 0 Å². The van der Waals surface area contributed by atoms with E-state index in [9.17, 15) is 4.79 Å². The summed E-state index contributed by atoms with van der Waals surface area (Å²) in [4.78, 5) is 13.6. The van der Waals surface area contributed by atoms with Gasteiger partial charge in [0.2, 0.25) is 5.91 Å². The Kier molecular flexibility index (Phi) is 6.22. The molecular weight excluding hydrogens is 228 g/mol. The van der Waals surface area contributed by atoms with Crippen molar-refractivity contribution in [3.63, 3.8) is 0 Å². The molecule has 18 heavy (non-hydrogen) atoms. The lowest BCUT2D eigenvalue weighted by atomic mass is 10.1. The van der Waals surface area contributed by atoms with E-state index >= 15 is 0 Å². The molecule has 0 aliphatic rings. The maximum atomic E-state index is 11.8. The van der Waals surface area contributed by atoms with Gasteiger partial charge in [0.25, 0.3) is 0 Å². The topological polar surface area (TPSA) is 55.6 Å². The van der Waals surface area contributed by atoms with Gasteiger partial charge in [-0.15, -0.1) is 0 Å². The van der Waals surface area contributed by atoms with Gasteiger partial charge in [0.15, 0.2) is 0 Å². The van der Waals surface area contributed by atoms with Crippen LogP contribution in [0.25, 0.3) is 0 Å². The molecule has 4 heteroatoms. The van der Waals surface area contributed by atoms with E-state index in [2.05, 4.69) is 0 Å². The quantitative estimate of drug-likeness (QED) is 0.592. The summed E-state index contributed by atoms with van der Waals surface area (Å²) in [5, 5.41) is 0. The van der Waals surface area contributed by atoms with Crippen LogP contribution in [-0.4, -0.2) is 38.1 Å². The van der Waals surface area contributed by atoms with E-state index in [1.54, 1.807) is 12.0 Å². The fourth-order valence-corrected chi connectivity index (χ4v) is 1.70. The Morgan fingerprint density at radius 1 is 1.33 bits per heavy atom. The standard InChI is InChI=1S/C14H22N2O2/c1-16(10-3-11-18-2)14(17)9-6-12-4-7-13(15)8-5-12/h4-5,7-8H,3,6,9-11,15H2,1-2H3. The zero-order valence-electron chi connectivity index (χ0n) is 11.2. The molecule has 1 aromatic rings. The molecule has 0 heterocycles. The Labute approximate surface area is 109 Å². The molecule has 0 saturated carbocycles. The highest BCUT2D eigenvalue weighted by Crippen LogP contribution is 2.08. The van der Waals surface area contributed by atoms with E-state index in [-0.39, 0.29) is 5.91 Å². The second-order valence-electron chi connectivity index (χ2n) is 4.40. The molecule has 0 fully saturated rings. The zero-order valence-corrected chi connectivity index (χ0v) is 11.2. The maximum Gasteiger partial charge on any atom is 0.222 e. The summed E-state index contributed by atoms with van der Waals surface area (Å²) in [5.41, 5.74) is 7.51. The Morgan fingerprint density at radius 3 is 2.61 bits per heavy atom. The van der Waals surface area contributed by atoms with Crippen molar-refractivity contribution >= 4 is 11.6 Å². The van der Waals surface area contributed by atoms with Crippen LogP contribution in [0.1, 0.15) is 18.4 Å². The normalized spacial score (nSPS) is 10.3. The van der Waals surface area contributed by atoms with E-state index in [4.69, 9.17) is 10.5 Å². The molecule has 1 aromatic carbocycles. The van der Waals surface area contributed by atoms with Gasteiger partial charge in [0, 0.05) is 39.4 Å². The van der Waals surface area contributed by atoms with Crippen molar-refractivity contribution in [1.29, 1.82) is 0 Å². The van der Waals surface area contributed by atoms with Crippen molar-refractivity contribution in [2.45, 2.75) is 19.3 Å². The molecule has 100 valence electrons. The third-order valence-electron chi connectivity index (χ3n) is 2.87. The van der Waals surface area contributed by atoms with Crippen LogP contribution >= 0.6 is 0 Å². The highest BCUT2D eigenvalue weighted by molar-refractivity contribution is 5.76. The van der Waals surface area contributed by atoms with E-state index in [0.29, 0.717) is 13.0 Å². The van der Waals surface area contributed by atoms with Crippen molar-refractivity contribution in [1.82, 2.24) is 4.90 Å². The predicted octanol–water partition coefficient (Wildman–Crippen LogP) is 1.70. The number of hydrogen-bond acceptors (Lipinski definition) is 3. The lowest BCUT2D eigenvalue weighted by Gasteiger charge is -2.16. The SMILES string of the molecule is COCCCN(C)C(=O)CCc1ccc(N)cc1. The minimum atomic E-state index is 0.169. The van der Waals surface area contributed by atoms with Crippen LogP contribution in [0, 0.1) is 0 Å². The average molecular weight is 250 g/mol. The summed E-state index contributed by atoms with van der Waals surface area (Å²) < 4.78 is 4.96. The number of carbonyl (C=O) groups is 1. The Balaban J connectivity index is 2.29. The number of hydrogen-bond donors (Lipinski definition) is 1. The molecule has 0 aliphatic carbocycles. The monoisotopic (exact) mass is 250 g/mol. The van der Waals surface area contributed by atoms with E-state index in [0.717, 1.165) is 30.6 Å². The summed E-state index contributed by atoms with van der Waals surface area (Å²) in [6.07, 6.45) is 2.17. The van der Waals surface area contributed by atoms with Crippen LogP contribution in [-0.2, 0) is 16.0 Å². The van der Waals surface area contributed by atoms with E-state index in [1.165, 1.54) is 0 Å². The number of aryl methyl sites for hydroxylation is 1. The summed E-state index contributed by atoms with van der Waals surface area (Å²) in [7, 11) is 3.50. The van der Waals surface area contributed by atoms with Crippen molar-refractivity contribution in [3.8, 4) is 0 Å². The number of ether oxygens (including phenoxy) is 1. The lowest BCUT2D eigenvalue weighted by Crippen LogP contribution is -2.28. The van der Waals surface area contributed by atoms with Crippen LogP contribution in [0.15, 0.2) is 24.3 Å². The zero-order chi connectivity index (χ0) is 13.4. The Bertz CT molecular complexity index is 363. The van der Waals surface area contributed by atoms with Crippen molar-refractivity contribution in [2.75, 3.05) is 33.0 Å². The molecular formula is C14H22N2O2. The second-order valence-corrected chi connectivity index (χ2v) is 4.40. The van der Waals surface area contributed by atoms with Gasteiger partial charge in [0.1, 0.15) is 0 Å². The molecule has 0 aliphatic heterocycles. The minimum absolute atomic E-state index is 0.169. The first-order valence-corrected chi connectivity index (χ1v) is 6.21. The first kappa shape index (κ1) is 14.5. The van der Waals surface area contributed by atoms with Gasteiger partial charge in [-0.1, -0.05) is 12.1 Å². The average Bonchev–Trinajstić information content (AvgIpc) is 2.38. The summed E-state index contributed by atoms with van der Waals surface area (Å²) in [5.74, 6) is 0.169. The molecule has 0 radical (unpaired) electrons. The molecule has 0 spiro atoms. The molecule has 0 aromatic heterocycles. The van der Waals surface area contributed by atoms with Crippen LogP contribution in [0.4, 0.5) is 5.69 Å². The molecule has 0 saturated heterocycles. The molecule has 1 amide bonds. The number of amides is 1. The smallest absolute Gasteiger partial charge is 0.222 e. The van der Waals surface area contributed by atoms with Crippen molar-refractivity contribution in [3.05, 3.63) is 29.8 Å². The lowest BCUT2D eigenvalue weighted by molar-refractivity contribution is -0.130. The van der Waals surface area contributed by atoms with Gasteiger partial charge in [0.05, 0.1) is 0 Å². The number of anilines is 1. The van der Waals surface area contributed by atoms with Crippen LogP contribution in [0.3, 0.4) is 0 Å². The second kappa shape index (κ2) is 7.71. The third kappa shape index (κ3) is 5.19. The molecule has 2 N–H and O–H groups in total. The molecule has 4 nitrogen and oxygen atoms in total. The first-order chi connectivity index (χ1) is 8.63. The number of nitrogens with two attached hydrogens (primary N) is 1. The summed E-state index contributed by atoms with van der Waals surface area (Å²) >= 11 is 0. The minimum Gasteiger partial charge on any atom is -0.399 e. The van der Waals surface area contributed by atoms with Crippen LogP contribution in [0.5, 0.6) is 0 Å². The number of nitrogens with zero attached hydrogens (tertiary/aromatic N) is 1. The summed E-state index contributed by atoms with van der Waals surface area (Å²) in [6, 6.07) is 7.66. The molecule has 0 unspecified atom stereocenters. The Morgan fingerprint density at radius 2 is 2.00 bits per heavy atom. The Hall–Kier alpha value is -1.55. The first-order valence-electron chi connectivity index (χ1n) is 6.21. The molecule has 0 atom stereocenters.